The van der Waals surface area contributed by atoms with Gasteiger partial charge >= 0.3 is 0 Å². The maximum Gasteiger partial charge on any atom is 0.0586 e. The van der Waals surface area contributed by atoms with E-state index in [0.717, 1.165) is 12.0 Å². The van der Waals surface area contributed by atoms with E-state index in [2.05, 4.69) is 11.8 Å². The number of hydrogen-bond acceptors (Lipinski definition) is 2. The van der Waals surface area contributed by atoms with E-state index in [4.69, 9.17) is 0 Å². The Morgan fingerprint density at radius 1 is 1.31 bits per heavy atom. The molecule has 2 rings (SSSR count). The molecule has 2 heteroatoms. The Kier molecular flexibility index (Phi) is 2.89. The summed E-state index contributed by atoms with van der Waals surface area (Å²) in [6, 6.07) is 1.28. The van der Waals surface area contributed by atoms with E-state index in [-0.39, 0.29) is 0 Å². The van der Waals surface area contributed by atoms with Gasteiger partial charge in [0.05, 0.1) is 6.61 Å². The van der Waals surface area contributed by atoms with E-state index in [1.165, 1.54) is 38.6 Å². The van der Waals surface area contributed by atoms with Crippen LogP contribution in [-0.4, -0.2) is 35.2 Å². The summed E-state index contributed by atoms with van der Waals surface area (Å²) < 4.78 is 0. The molecule has 2 nitrogen and oxygen atoms in total. The minimum Gasteiger partial charge on any atom is -0.395 e. The lowest BCUT2D eigenvalue weighted by atomic mass is 9.84. The smallest absolute Gasteiger partial charge is 0.0586 e. The molecule has 3 unspecified atom stereocenters. The standard InChI is InChI=1S/C11H21NO/c1-2-9-5-6-10(8-13)12-7-3-4-11(9)12/h9-11,13H,2-8H2,1H3. The van der Waals surface area contributed by atoms with Crippen molar-refractivity contribution >= 4 is 0 Å². The van der Waals surface area contributed by atoms with E-state index in [0.29, 0.717) is 12.6 Å². The molecule has 13 heavy (non-hydrogen) atoms. The van der Waals surface area contributed by atoms with Gasteiger partial charge in [-0.05, 0) is 38.1 Å². The Bertz CT molecular complexity index is 153. The molecule has 2 aliphatic heterocycles. The van der Waals surface area contributed by atoms with E-state index in [9.17, 15) is 5.11 Å². The molecule has 0 radical (unpaired) electrons. The highest BCUT2D eigenvalue weighted by molar-refractivity contribution is 4.93. The zero-order valence-electron chi connectivity index (χ0n) is 8.58. The first kappa shape index (κ1) is 9.47. The molecule has 2 heterocycles. The fourth-order valence-corrected chi connectivity index (χ4v) is 3.21. The van der Waals surface area contributed by atoms with Crippen molar-refractivity contribution in [1.29, 1.82) is 0 Å². The summed E-state index contributed by atoms with van der Waals surface area (Å²) in [5, 5.41) is 9.26. The highest BCUT2D eigenvalue weighted by Gasteiger charge is 2.38. The van der Waals surface area contributed by atoms with Crippen LogP contribution in [0.1, 0.15) is 39.0 Å². The fourth-order valence-electron chi connectivity index (χ4n) is 3.21. The van der Waals surface area contributed by atoms with E-state index >= 15 is 0 Å². The van der Waals surface area contributed by atoms with Crippen molar-refractivity contribution in [3.8, 4) is 0 Å². The third-order valence-electron chi connectivity index (χ3n) is 3.96. The first-order valence-electron chi connectivity index (χ1n) is 5.73. The van der Waals surface area contributed by atoms with Gasteiger partial charge in [-0.15, -0.1) is 0 Å². The SMILES string of the molecule is CCC1CCC(CO)N2CCCC12. The van der Waals surface area contributed by atoms with Gasteiger partial charge in [0.25, 0.3) is 0 Å². The molecule has 2 saturated heterocycles. The number of piperidine rings is 1. The third-order valence-corrected chi connectivity index (χ3v) is 3.96. The molecular weight excluding hydrogens is 162 g/mol. The second-order valence-electron chi connectivity index (χ2n) is 4.53. The zero-order valence-corrected chi connectivity index (χ0v) is 8.58. The number of hydrogen-bond donors (Lipinski definition) is 1. The molecule has 0 amide bonds. The molecular formula is C11H21NO. The maximum absolute atomic E-state index is 9.26. The van der Waals surface area contributed by atoms with Gasteiger partial charge in [0.15, 0.2) is 0 Å². The van der Waals surface area contributed by atoms with Crippen molar-refractivity contribution in [3.63, 3.8) is 0 Å². The highest BCUT2D eigenvalue weighted by atomic mass is 16.3. The minimum atomic E-state index is 0.368. The van der Waals surface area contributed by atoms with E-state index < -0.39 is 0 Å². The first-order valence-corrected chi connectivity index (χ1v) is 5.73. The van der Waals surface area contributed by atoms with E-state index in [1.54, 1.807) is 0 Å². The zero-order chi connectivity index (χ0) is 9.26. The summed E-state index contributed by atoms with van der Waals surface area (Å²) in [7, 11) is 0. The van der Waals surface area contributed by atoms with Crippen LogP contribution < -0.4 is 0 Å². The summed E-state index contributed by atoms with van der Waals surface area (Å²) >= 11 is 0. The van der Waals surface area contributed by atoms with Crippen LogP contribution in [0.2, 0.25) is 0 Å². The third kappa shape index (κ3) is 1.62. The molecule has 2 aliphatic rings. The second-order valence-corrected chi connectivity index (χ2v) is 4.53. The largest absolute Gasteiger partial charge is 0.395 e. The number of rotatable bonds is 2. The summed E-state index contributed by atoms with van der Waals surface area (Å²) in [4.78, 5) is 2.57. The lowest BCUT2D eigenvalue weighted by Gasteiger charge is -2.41. The van der Waals surface area contributed by atoms with Crippen LogP contribution in [0.3, 0.4) is 0 Å². The number of aliphatic hydroxyl groups excluding tert-OH is 1. The number of nitrogens with zero attached hydrogens (tertiary/aromatic N) is 1. The van der Waals surface area contributed by atoms with Crippen molar-refractivity contribution in [2.75, 3.05) is 13.2 Å². The predicted molar refractivity (Wildman–Crippen MR) is 53.6 cm³/mol. The van der Waals surface area contributed by atoms with Crippen LogP contribution in [0.5, 0.6) is 0 Å². The van der Waals surface area contributed by atoms with Gasteiger partial charge in [-0.2, -0.15) is 0 Å². The quantitative estimate of drug-likeness (QED) is 0.703. The van der Waals surface area contributed by atoms with Crippen LogP contribution in [0, 0.1) is 5.92 Å². The molecule has 0 aromatic heterocycles. The fraction of sp³-hybridized carbons (Fsp3) is 1.00. The molecule has 1 N–H and O–H groups in total. The normalized spacial score (nSPS) is 40.6. The molecule has 0 aromatic carbocycles. The van der Waals surface area contributed by atoms with Crippen molar-refractivity contribution in [2.24, 2.45) is 5.92 Å². The molecule has 0 aliphatic carbocycles. The summed E-state index contributed by atoms with van der Waals surface area (Å²) in [5.41, 5.74) is 0. The average molecular weight is 183 g/mol. The lowest BCUT2D eigenvalue weighted by Crippen LogP contribution is -2.48. The summed E-state index contributed by atoms with van der Waals surface area (Å²) in [6.45, 7) is 3.90. The topological polar surface area (TPSA) is 23.5 Å². The van der Waals surface area contributed by atoms with Gasteiger partial charge in [-0.1, -0.05) is 13.3 Å². The van der Waals surface area contributed by atoms with Crippen molar-refractivity contribution in [1.82, 2.24) is 4.90 Å². The average Bonchev–Trinajstić information content (AvgIpc) is 2.64. The van der Waals surface area contributed by atoms with E-state index in [1.807, 2.05) is 0 Å². The van der Waals surface area contributed by atoms with Gasteiger partial charge in [-0.25, -0.2) is 0 Å². The van der Waals surface area contributed by atoms with Gasteiger partial charge in [0.1, 0.15) is 0 Å². The Hall–Kier alpha value is -0.0800. The molecule has 3 atom stereocenters. The summed E-state index contributed by atoms with van der Waals surface area (Å²) in [5.74, 6) is 0.908. The molecule has 0 aromatic rings. The van der Waals surface area contributed by atoms with Gasteiger partial charge in [-0.3, -0.25) is 4.90 Å². The molecule has 76 valence electrons. The van der Waals surface area contributed by atoms with Crippen molar-refractivity contribution in [2.45, 2.75) is 51.1 Å². The van der Waals surface area contributed by atoms with Crippen LogP contribution in [0.25, 0.3) is 0 Å². The lowest BCUT2D eigenvalue weighted by molar-refractivity contribution is 0.0380. The van der Waals surface area contributed by atoms with Crippen LogP contribution in [0.4, 0.5) is 0 Å². The maximum atomic E-state index is 9.26. The monoisotopic (exact) mass is 183 g/mol. The first-order chi connectivity index (χ1) is 6.36. The molecule has 0 bridgehead atoms. The highest BCUT2D eigenvalue weighted by Crippen LogP contribution is 2.36. The van der Waals surface area contributed by atoms with Gasteiger partial charge in [0.2, 0.25) is 0 Å². The van der Waals surface area contributed by atoms with Crippen LogP contribution >= 0.6 is 0 Å². The second kappa shape index (κ2) is 3.97. The minimum absolute atomic E-state index is 0.368. The number of aliphatic hydroxyl groups is 1. The molecule has 0 saturated carbocycles. The number of fused-ring (bicyclic) bond motifs is 1. The Morgan fingerprint density at radius 2 is 2.15 bits per heavy atom. The van der Waals surface area contributed by atoms with Crippen molar-refractivity contribution < 1.29 is 5.11 Å². The van der Waals surface area contributed by atoms with Gasteiger partial charge < -0.3 is 5.11 Å². The Morgan fingerprint density at radius 3 is 2.85 bits per heavy atom. The predicted octanol–water partition coefficient (Wildman–Crippen LogP) is 1.63. The summed E-state index contributed by atoms with van der Waals surface area (Å²) in [6.07, 6.45) is 6.58. The Labute approximate surface area is 80.9 Å². The Balaban J connectivity index is 2.04. The molecule has 2 fully saturated rings. The van der Waals surface area contributed by atoms with Gasteiger partial charge in [0, 0.05) is 12.1 Å². The van der Waals surface area contributed by atoms with Crippen molar-refractivity contribution in [3.05, 3.63) is 0 Å². The van der Waals surface area contributed by atoms with Crippen LogP contribution in [0.15, 0.2) is 0 Å². The van der Waals surface area contributed by atoms with Crippen LogP contribution in [-0.2, 0) is 0 Å². The molecule has 0 spiro atoms.